The van der Waals surface area contributed by atoms with Crippen LogP contribution in [0.5, 0.6) is 0 Å². The molecule has 0 radical (unpaired) electrons. The lowest BCUT2D eigenvalue weighted by molar-refractivity contribution is 0.590. The number of anilines is 2. The lowest BCUT2D eigenvalue weighted by atomic mass is 10.3. The van der Waals surface area contributed by atoms with Crippen molar-refractivity contribution in [3.05, 3.63) is 35.5 Å². The Labute approximate surface area is 114 Å². The third-order valence-electron chi connectivity index (χ3n) is 2.10. The van der Waals surface area contributed by atoms with Gasteiger partial charge in [0.2, 0.25) is 0 Å². The molecular weight excluding hydrogens is 294 g/mol. The van der Waals surface area contributed by atoms with Gasteiger partial charge in [-0.15, -0.1) is 0 Å². The number of hydrogen-bond donors (Lipinski definition) is 2. The van der Waals surface area contributed by atoms with E-state index in [9.17, 15) is 8.42 Å². The van der Waals surface area contributed by atoms with Crippen molar-refractivity contribution in [2.45, 2.75) is 4.21 Å². The van der Waals surface area contributed by atoms with E-state index in [1.165, 1.54) is 7.05 Å². The zero-order chi connectivity index (χ0) is 13.2. The summed E-state index contributed by atoms with van der Waals surface area (Å²) in [6.07, 6.45) is 0. The predicted molar refractivity (Wildman–Crippen MR) is 73.1 cm³/mol. The zero-order valence-corrected chi connectivity index (χ0v) is 11.7. The molecule has 0 aliphatic carbocycles. The Balaban J connectivity index is 2.30. The molecule has 1 heterocycles. The molecule has 0 atom stereocenters. The second kappa shape index (κ2) is 5.23. The molecule has 0 unspecified atom stereocenters. The van der Waals surface area contributed by atoms with E-state index in [0.717, 1.165) is 17.0 Å². The largest absolute Gasteiger partial charge is 0.331 e. The first kappa shape index (κ1) is 13.3. The van der Waals surface area contributed by atoms with Crippen molar-refractivity contribution in [3.8, 4) is 0 Å². The van der Waals surface area contributed by atoms with Gasteiger partial charge in [0.05, 0.1) is 0 Å². The van der Waals surface area contributed by atoms with E-state index < -0.39 is 10.0 Å². The first-order valence-electron chi connectivity index (χ1n) is 4.95. The molecule has 1 aromatic heterocycles. The van der Waals surface area contributed by atoms with Gasteiger partial charge < -0.3 is 5.32 Å². The van der Waals surface area contributed by atoms with E-state index in [1.54, 1.807) is 0 Å². The van der Waals surface area contributed by atoms with Crippen molar-refractivity contribution < 1.29 is 8.42 Å². The van der Waals surface area contributed by atoms with E-state index in [4.69, 9.17) is 11.6 Å². The van der Waals surface area contributed by atoms with Gasteiger partial charge in [0, 0.05) is 5.69 Å². The number of sulfonamides is 1. The molecule has 0 saturated carbocycles. The molecule has 96 valence electrons. The maximum Gasteiger partial charge on any atom is 0.253 e. The number of halogens is 1. The van der Waals surface area contributed by atoms with Gasteiger partial charge >= 0.3 is 0 Å². The highest BCUT2D eigenvalue weighted by Crippen LogP contribution is 2.32. The van der Waals surface area contributed by atoms with E-state index >= 15 is 0 Å². The van der Waals surface area contributed by atoms with E-state index in [-0.39, 0.29) is 9.36 Å². The van der Waals surface area contributed by atoms with Crippen LogP contribution in [0.25, 0.3) is 0 Å². The summed E-state index contributed by atoms with van der Waals surface area (Å²) in [4.78, 5) is 3.97. The molecule has 8 heteroatoms. The number of benzene rings is 1. The summed E-state index contributed by atoms with van der Waals surface area (Å²) in [5.41, 5.74) is 0.816. The second-order valence-electron chi connectivity index (χ2n) is 3.30. The number of para-hydroxylation sites is 1. The first-order chi connectivity index (χ1) is 8.53. The highest BCUT2D eigenvalue weighted by Gasteiger charge is 2.21. The Bertz CT molecular complexity index is 640. The Morgan fingerprint density at radius 2 is 1.94 bits per heavy atom. The van der Waals surface area contributed by atoms with Gasteiger partial charge in [0.15, 0.2) is 14.5 Å². The average Bonchev–Trinajstić information content (AvgIpc) is 2.72. The molecule has 2 N–H and O–H groups in total. The number of nitrogens with one attached hydrogen (secondary N) is 2. The normalized spacial score (nSPS) is 11.4. The van der Waals surface area contributed by atoms with Crippen LogP contribution in [0.2, 0.25) is 5.15 Å². The van der Waals surface area contributed by atoms with Crippen LogP contribution in [0.1, 0.15) is 0 Å². The molecule has 5 nitrogen and oxygen atoms in total. The van der Waals surface area contributed by atoms with E-state index in [2.05, 4.69) is 15.0 Å². The SMILES string of the molecule is CNS(=O)(=O)c1sc(Nc2ccccc2)nc1Cl. The number of hydrogen-bond acceptors (Lipinski definition) is 5. The monoisotopic (exact) mass is 303 g/mol. The van der Waals surface area contributed by atoms with Crippen molar-refractivity contribution >= 4 is 43.8 Å². The number of rotatable bonds is 4. The van der Waals surface area contributed by atoms with Crippen LogP contribution < -0.4 is 10.0 Å². The second-order valence-corrected chi connectivity index (χ2v) is 6.73. The Morgan fingerprint density at radius 3 is 2.56 bits per heavy atom. The van der Waals surface area contributed by atoms with Crippen molar-refractivity contribution in [1.82, 2.24) is 9.71 Å². The van der Waals surface area contributed by atoms with Crippen LogP contribution >= 0.6 is 22.9 Å². The fourth-order valence-electron chi connectivity index (χ4n) is 1.24. The van der Waals surface area contributed by atoms with E-state index in [0.29, 0.717) is 5.13 Å². The summed E-state index contributed by atoms with van der Waals surface area (Å²) >= 11 is 6.80. The van der Waals surface area contributed by atoms with Gasteiger partial charge in [-0.2, -0.15) is 0 Å². The first-order valence-corrected chi connectivity index (χ1v) is 7.62. The van der Waals surface area contributed by atoms with Gasteiger partial charge in [-0.05, 0) is 19.2 Å². The van der Waals surface area contributed by atoms with Crippen molar-refractivity contribution in [3.63, 3.8) is 0 Å². The molecule has 2 aromatic rings. The topological polar surface area (TPSA) is 71.1 Å². The van der Waals surface area contributed by atoms with Crippen LogP contribution in [0.4, 0.5) is 10.8 Å². The fourth-order valence-corrected chi connectivity index (χ4v) is 3.79. The third kappa shape index (κ3) is 2.81. The zero-order valence-electron chi connectivity index (χ0n) is 9.34. The average molecular weight is 304 g/mol. The van der Waals surface area contributed by atoms with Crippen molar-refractivity contribution in [2.24, 2.45) is 0 Å². The molecule has 0 amide bonds. The van der Waals surface area contributed by atoms with Gasteiger partial charge in [-0.1, -0.05) is 41.1 Å². The molecule has 0 aliphatic heterocycles. The number of aromatic nitrogens is 1. The lowest BCUT2D eigenvalue weighted by Crippen LogP contribution is -2.17. The molecule has 1 aromatic carbocycles. The van der Waals surface area contributed by atoms with Crippen LogP contribution in [-0.4, -0.2) is 20.4 Å². The minimum Gasteiger partial charge on any atom is -0.331 e. The number of nitrogens with zero attached hydrogens (tertiary/aromatic N) is 1. The van der Waals surface area contributed by atoms with E-state index in [1.807, 2.05) is 30.3 Å². The molecule has 18 heavy (non-hydrogen) atoms. The Hall–Kier alpha value is -1.15. The minimum absolute atomic E-state index is 0.00472. The van der Waals surface area contributed by atoms with Crippen LogP contribution in [-0.2, 0) is 10.0 Å². The van der Waals surface area contributed by atoms with Gasteiger partial charge in [0.1, 0.15) is 0 Å². The summed E-state index contributed by atoms with van der Waals surface area (Å²) in [6.45, 7) is 0. The van der Waals surface area contributed by atoms with Crippen molar-refractivity contribution in [2.75, 3.05) is 12.4 Å². The summed E-state index contributed by atoms with van der Waals surface area (Å²) in [6, 6.07) is 9.31. The minimum atomic E-state index is -3.57. The highest BCUT2D eigenvalue weighted by atomic mass is 35.5. The molecule has 0 saturated heterocycles. The fraction of sp³-hybridized carbons (Fsp3) is 0.100. The molecule has 0 spiro atoms. The van der Waals surface area contributed by atoms with Gasteiger partial charge in [-0.3, -0.25) is 0 Å². The van der Waals surface area contributed by atoms with Crippen LogP contribution in [0.3, 0.4) is 0 Å². The smallest absolute Gasteiger partial charge is 0.253 e. The molecule has 0 aliphatic rings. The van der Waals surface area contributed by atoms with Gasteiger partial charge in [0.25, 0.3) is 10.0 Å². The number of thiazole rings is 1. The maximum atomic E-state index is 11.6. The summed E-state index contributed by atoms with van der Waals surface area (Å²) < 4.78 is 25.5. The summed E-state index contributed by atoms with van der Waals surface area (Å²) in [5, 5.41) is 3.39. The molecule has 0 bridgehead atoms. The van der Waals surface area contributed by atoms with Crippen LogP contribution in [0, 0.1) is 0 Å². The molecule has 0 fully saturated rings. The molecule has 2 rings (SSSR count). The van der Waals surface area contributed by atoms with Crippen LogP contribution in [0.15, 0.2) is 34.5 Å². The quantitative estimate of drug-likeness (QED) is 0.910. The molecular formula is C10H10ClN3O2S2. The predicted octanol–water partition coefficient (Wildman–Crippen LogP) is 2.45. The Morgan fingerprint density at radius 1 is 1.28 bits per heavy atom. The highest BCUT2D eigenvalue weighted by molar-refractivity contribution is 7.91. The maximum absolute atomic E-state index is 11.6. The summed E-state index contributed by atoms with van der Waals surface area (Å²) in [7, 11) is -2.24. The summed E-state index contributed by atoms with van der Waals surface area (Å²) in [5.74, 6) is 0. The third-order valence-corrected chi connectivity index (χ3v) is 5.49. The standard InChI is InChI=1S/C10H10ClN3O2S2/c1-12-18(15,16)9-8(11)14-10(17-9)13-7-5-3-2-4-6-7/h2-6,12H,1H3,(H,13,14). The van der Waals surface area contributed by atoms with Gasteiger partial charge in [-0.25, -0.2) is 18.1 Å². The van der Waals surface area contributed by atoms with Crippen molar-refractivity contribution in [1.29, 1.82) is 0 Å². The lowest BCUT2D eigenvalue weighted by Gasteiger charge is -2.00. The Kier molecular flexibility index (Phi) is 3.86.